The fraction of sp³-hybridized carbons (Fsp3) is 0.556. The van der Waals surface area contributed by atoms with Crippen LogP contribution in [0, 0.1) is 0 Å². The Morgan fingerprint density at radius 3 is 2.30 bits per heavy atom. The average Bonchev–Trinajstić information content (AvgIpc) is 1.88. The van der Waals surface area contributed by atoms with Gasteiger partial charge in [0.05, 0.1) is 5.60 Å². The topological polar surface area (TPSA) is 20.2 Å². The highest BCUT2D eigenvalue weighted by Crippen LogP contribution is 2.19. The molecule has 0 aliphatic carbocycles. The van der Waals surface area contributed by atoms with Crippen LogP contribution in [0.2, 0.25) is 0 Å². The Kier molecular flexibility index (Phi) is 3.23. The first kappa shape index (κ1) is 7.55. The van der Waals surface area contributed by atoms with Crippen molar-refractivity contribution in [1.82, 2.24) is 0 Å². The maximum Gasteiger partial charge on any atom is 0.0713 e. The monoisotopic (exact) mass is 141 g/mol. The number of hydrogen-bond acceptors (Lipinski definition) is 1. The van der Waals surface area contributed by atoms with Gasteiger partial charge in [-0.3, -0.25) is 0 Å². The standard InChI is InChI=1S/C9H16O/c1-4-7-9(10,6-3)8-5-2/h4-5,10H,1-2,6-8H2,3H3/i3D. The quantitative estimate of drug-likeness (QED) is 0.582. The second-order valence-corrected chi connectivity index (χ2v) is 2.46. The molecule has 0 aromatic rings. The SMILES string of the molecule is [2H]CCC(O)(CC=C)CC=C. The van der Waals surface area contributed by atoms with Gasteiger partial charge in [0.25, 0.3) is 0 Å². The minimum absolute atomic E-state index is 0.248. The van der Waals surface area contributed by atoms with Gasteiger partial charge in [0.1, 0.15) is 0 Å². The van der Waals surface area contributed by atoms with Crippen LogP contribution in [0.25, 0.3) is 0 Å². The van der Waals surface area contributed by atoms with E-state index in [1.165, 1.54) is 0 Å². The lowest BCUT2D eigenvalue weighted by molar-refractivity contribution is 0.0425. The molecule has 10 heavy (non-hydrogen) atoms. The van der Waals surface area contributed by atoms with E-state index in [2.05, 4.69) is 13.2 Å². The Balaban J connectivity index is 3.98. The molecule has 1 heteroatoms. The van der Waals surface area contributed by atoms with Crippen molar-refractivity contribution in [3.8, 4) is 0 Å². The van der Waals surface area contributed by atoms with Crippen molar-refractivity contribution in [2.45, 2.75) is 31.8 Å². The van der Waals surface area contributed by atoms with Crippen LogP contribution >= 0.6 is 0 Å². The molecule has 0 amide bonds. The first-order valence-electron chi connectivity index (χ1n) is 4.12. The minimum Gasteiger partial charge on any atom is -0.389 e. The second-order valence-electron chi connectivity index (χ2n) is 2.46. The molecule has 0 aliphatic heterocycles. The summed E-state index contributed by atoms with van der Waals surface area (Å²) in [4.78, 5) is 0. The molecule has 0 fully saturated rings. The number of rotatable bonds is 5. The Bertz CT molecular complexity index is 122. The first-order valence-corrected chi connectivity index (χ1v) is 3.42. The summed E-state index contributed by atoms with van der Waals surface area (Å²) in [7, 11) is 0. The minimum atomic E-state index is -0.773. The van der Waals surface area contributed by atoms with E-state index < -0.39 is 5.60 Å². The largest absolute Gasteiger partial charge is 0.389 e. The summed E-state index contributed by atoms with van der Waals surface area (Å²) >= 11 is 0. The predicted molar refractivity (Wildman–Crippen MR) is 44.9 cm³/mol. The summed E-state index contributed by atoms with van der Waals surface area (Å²) in [5.41, 5.74) is -0.773. The summed E-state index contributed by atoms with van der Waals surface area (Å²) in [6, 6.07) is 0. The molecule has 0 atom stereocenters. The average molecular weight is 141 g/mol. The zero-order chi connectivity index (χ0) is 8.74. The lowest BCUT2D eigenvalue weighted by Crippen LogP contribution is -2.25. The Morgan fingerprint density at radius 2 is 2.00 bits per heavy atom. The van der Waals surface area contributed by atoms with Crippen LogP contribution in [-0.2, 0) is 0 Å². The second kappa shape index (κ2) is 4.29. The molecule has 0 rings (SSSR count). The van der Waals surface area contributed by atoms with E-state index in [1.807, 2.05) is 0 Å². The van der Waals surface area contributed by atoms with E-state index in [-0.39, 0.29) is 6.90 Å². The molecule has 0 saturated heterocycles. The van der Waals surface area contributed by atoms with Crippen LogP contribution in [0.3, 0.4) is 0 Å². The van der Waals surface area contributed by atoms with Gasteiger partial charge in [0.2, 0.25) is 0 Å². The molecule has 0 heterocycles. The lowest BCUT2D eigenvalue weighted by Gasteiger charge is -2.23. The third-order valence-electron chi connectivity index (χ3n) is 1.51. The van der Waals surface area contributed by atoms with Crippen molar-refractivity contribution in [3.63, 3.8) is 0 Å². The van der Waals surface area contributed by atoms with E-state index in [0.717, 1.165) is 0 Å². The maximum atomic E-state index is 9.75. The smallest absolute Gasteiger partial charge is 0.0713 e. The molecule has 0 saturated carbocycles. The molecule has 0 aromatic heterocycles. The predicted octanol–water partition coefficient (Wildman–Crippen LogP) is 2.28. The van der Waals surface area contributed by atoms with Gasteiger partial charge < -0.3 is 5.11 Å². The third-order valence-corrected chi connectivity index (χ3v) is 1.51. The highest BCUT2D eigenvalue weighted by atomic mass is 16.3. The van der Waals surface area contributed by atoms with Crippen LogP contribution in [0.5, 0.6) is 0 Å². The fourth-order valence-corrected chi connectivity index (χ4v) is 0.825. The molecular formula is C9H16O. The van der Waals surface area contributed by atoms with Crippen LogP contribution in [0.4, 0.5) is 0 Å². The van der Waals surface area contributed by atoms with Gasteiger partial charge in [-0.2, -0.15) is 0 Å². The van der Waals surface area contributed by atoms with Crippen LogP contribution in [0.15, 0.2) is 25.3 Å². The molecule has 0 unspecified atom stereocenters. The highest BCUT2D eigenvalue weighted by molar-refractivity contribution is 4.90. The van der Waals surface area contributed by atoms with E-state index in [1.54, 1.807) is 12.2 Å². The van der Waals surface area contributed by atoms with Gasteiger partial charge in [0.15, 0.2) is 0 Å². The van der Waals surface area contributed by atoms with E-state index in [0.29, 0.717) is 19.3 Å². The summed E-state index contributed by atoms with van der Waals surface area (Å²) in [5.74, 6) is 0. The van der Waals surface area contributed by atoms with Crippen molar-refractivity contribution < 1.29 is 6.48 Å². The molecule has 0 radical (unpaired) electrons. The summed E-state index contributed by atoms with van der Waals surface area (Å²) in [6.07, 6.45) is 4.93. The molecule has 1 N–H and O–H groups in total. The Labute approximate surface area is 64.5 Å². The molecule has 0 aliphatic rings. The van der Waals surface area contributed by atoms with Gasteiger partial charge in [0, 0.05) is 1.37 Å². The van der Waals surface area contributed by atoms with Crippen molar-refractivity contribution in [2.24, 2.45) is 0 Å². The van der Waals surface area contributed by atoms with Gasteiger partial charge >= 0.3 is 0 Å². The third kappa shape index (κ3) is 2.83. The van der Waals surface area contributed by atoms with E-state index in [4.69, 9.17) is 1.37 Å². The first-order chi connectivity index (χ1) is 5.18. The van der Waals surface area contributed by atoms with Gasteiger partial charge in [-0.15, -0.1) is 13.2 Å². The normalized spacial score (nSPS) is 12.3. The zero-order valence-electron chi connectivity index (χ0n) is 7.34. The molecule has 58 valence electrons. The number of aliphatic hydroxyl groups is 1. The number of hydrogen-bond donors (Lipinski definition) is 1. The van der Waals surface area contributed by atoms with Gasteiger partial charge in [-0.05, 0) is 19.3 Å². The summed E-state index contributed by atoms with van der Waals surface area (Å²) in [5, 5.41) is 9.75. The van der Waals surface area contributed by atoms with Crippen molar-refractivity contribution in [1.29, 1.82) is 0 Å². The summed E-state index contributed by atoms with van der Waals surface area (Å²) < 4.78 is 6.99. The molecular weight excluding hydrogens is 124 g/mol. The summed E-state index contributed by atoms with van der Waals surface area (Å²) in [6.45, 7) is 7.36. The molecule has 0 bridgehead atoms. The molecule has 0 aromatic carbocycles. The molecule has 0 spiro atoms. The lowest BCUT2D eigenvalue weighted by atomic mass is 9.93. The zero-order valence-corrected chi connectivity index (χ0v) is 6.34. The van der Waals surface area contributed by atoms with Crippen LogP contribution in [0.1, 0.15) is 27.5 Å². The van der Waals surface area contributed by atoms with Crippen LogP contribution < -0.4 is 0 Å². The Hall–Kier alpha value is -0.560. The Morgan fingerprint density at radius 1 is 1.50 bits per heavy atom. The van der Waals surface area contributed by atoms with Crippen LogP contribution in [-0.4, -0.2) is 10.7 Å². The fourth-order valence-electron chi connectivity index (χ4n) is 0.825. The van der Waals surface area contributed by atoms with E-state index >= 15 is 0 Å². The van der Waals surface area contributed by atoms with Gasteiger partial charge in [-0.25, -0.2) is 0 Å². The maximum absolute atomic E-state index is 9.75. The van der Waals surface area contributed by atoms with Crippen molar-refractivity contribution in [3.05, 3.63) is 25.3 Å². The van der Waals surface area contributed by atoms with Crippen molar-refractivity contribution >= 4 is 0 Å². The van der Waals surface area contributed by atoms with Gasteiger partial charge in [-0.1, -0.05) is 19.1 Å². The molecule has 1 nitrogen and oxygen atoms in total. The van der Waals surface area contributed by atoms with E-state index in [9.17, 15) is 5.11 Å². The highest BCUT2D eigenvalue weighted by Gasteiger charge is 2.19. The van der Waals surface area contributed by atoms with Crippen molar-refractivity contribution in [2.75, 3.05) is 0 Å².